The molecule has 2 aromatic heterocycles. The van der Waals surface area contributed by atoms with Gasteiger partial charge in [0.1, 0.15) is 5.69 Å². The van der Waals surface area contributed by atoms with Crippen LogP contribution in [0.4, 0.5) is 0 Å². The fourth-order valence-corrected chi connectivity index (χ4v) is 6.25. The fraction of sp³-hybridized carbons (Fsp3) is 0.600. The second kappa shape index (κ2) is 13.8. The van der Waals surface area contributed by atoms with E-state index in [0.29, 0.717) is 55.9 Å². The second-order valence-corrected chi connectivity index (χ2v) is 17.0. The molecule has 0 saturated heterocycles. The first-order valence-corrected chi connectivity index (χ1v) is 17.4. The number of ether oxygens (including phenoxy) is 3. The van der Waals surface area contributed by atoms with E-state index in [1.165, 1.54) is 7.11 Å². The molecule has 1 N–H and O–H groups in total. The molecule has 0 spiro atoms. The number of aliphatic hydroxyl groups excluding tert-OH is 1. The number of carbonyl (C=O) groups is 1. The molecule has 0 radical (unpaired) electrons. The summed E-state index contributed by atoms with van der Waals surface area (Å²) in [5.41, 5.74) is 5.01. The maximum atomic E-state index is 13.1. The predicted octanol–water partition coefficient (Wildman–Crippen LogP) is 6.13. The Morgan fingerprint density at radius 2 is 1.76 bits per heavy atom. The number of aromatic nitrogens is 3. The molecule has 11 heteroatoms. The smallest absolute Gasteiger partial charge is 0.354 e. The monoisotopic (exact) mass is 607 g/mol. The molecule has 1 aromatic carbocycles. The van der Waals surface area contributed by atoms with Gasteiger partial charge in [0.2, 0.25) is 0 Å². The summed E-state index contributed by atoms with van der Waals surface area (Å²) in [6.07, 6.45) is 0.736. The lowest BCUT2D eigenvalue weighted by atomic mass is 9.97. The van der Waals surface area contributed by atoms with Gasteiger partial charge in [-0.05, 0) is 56.1 Å². The third-order valence-electron chi connectivity index (χ3n) is 8.11. The highest BCUT2D eigenvalue weighted by atomic mass is 35.5. The van der Waals surface area contributed by atoms with E-state index < -0.39 is 14.3 Å². The van der Waals surface area contributed by atoms with Gasteiger partial charge in [-0.1, -0.05) is 32.4 Å². The lowest BCUT2D eigenvalue weighted by molar-refractivity contribution is 0.0587. The van der Waals surface area contributed by atoms with Gasteiger partial charge in [-0.3, -0.25) is 4.68 Å². The molecule has 0 aliphatic carbocycles. The average Bonchev–Trinajstić information content (AvgIpc) is 3.37. The number of carbonyl (C=O) groups excluding carboxylic acids is 1. The quantitative estimate of drug-likeness (QED) is 0.134. The molecule has 0 aliphatic heterocycles. The van der Waals surface area contributed by atoms with Crippen molar-refractivity contribution in [2.45, 2.75) is 78.9 Å². The summed E-state index contributed by atoms with van der Waals surface area (Å²) in [7, 11) is 1.13. The van der Waals surface area contributed by atoms with Crippen LogP contribution in [-0.2, 0) is 38.3 Å². The van der Waals surface area contributed by atoms with Crippen molar-refractivity contribution in [3.8, 4) is 11.1 Å². The van der Waals surface area contributed by atoms with Gasteiger partial charge in [0.05, 0.1) is 51.5 Å². The minimum Gasteiger partial charge on any atom is -0.464 e. The number of hydrogen-bond acceptors (Lipinski definition) is 7. The van der Waals surface area contributed by atoms with E-state index in [9.17, 15) is 9.90 Å². The van der Waals surface area contributed by atoms with E-state index in [2.05, 4.69) is 33.9 Å². The number of methoxy groups -OCH3 is 2. The van der Waals surface area contributed by atoms with E-state index in [-0.39, 0.29) is 11.6 Å². The largest absolute Gasteiger partial charge is 0.464 e. The Morgan fingerprint density at radius 1 is 1.05 bits per heavy atom. The molecule has 228 valence electrons. The van der Waals surface area contributed by atoms with E-state index in [1.807, 2.05) is 30.5 Å². The lowest BCUT2D eigenvalue weighted by Gasteiger charge is -2.36. The number of hydrogen-bond donors (Lipinski definition) is 1. The fourth-order valence-electron chi connectivity index (χ4n) is 4.91. The van der Waals surface area contributed by atoms with Crippen LogP contribution >= 0.6 is 11.6 Å². The Morgan fingerprint density at radius 3 is 2.37 bits per heavy atom. The Balaban J connectivity index is 2.07. The second-order valence-electron chi connectivity index (χ2n) is 11.8. The summed E-state index contributed by atoms with van der Waals surface area (Å²) in [5.74, 6) is -0.408. The van der Waals surface area contributed by atoms with Crippen LogP contribution in [0.15, 0.2) is 12.1 Å². The van der Waals surface area contributed by atoms with E-state index in [1.54, 1.807) is 11.8 Å². The van der Waals surface area contributed by atoms with Gasteiger partial charge < -0.3 is 28.3 Å². The summed E-state index contributed by atoms with van der Waals surface area (Å²) < 4.78 is 26.1. The van der Waals surface area contributed by atoms with Crippen LogP contribution in [-0.4, -0.2) is 74.4 Å². The van der Waals surface area contributed by atoms with E-state index >= 15 is 0 Å². The Hall–Kier alpha value is -2.21. The van der Waals surface area contributed by atoms with Crippen molar-refractivity contribution in [1.82, 2.24) is 14.3 Å². The summed E-state index contributed by atoms with van der Waals surface area (Å²) in [6.45, 7) is 17.8. The summed E-state index contributed by atoms with van der Waals surface area (Å²) in [6, 6.07) is 3.78. The maximum Gasteiger partial charge on any atom is 0.354 e. The van der Waals surface area contributed by atoms with Gasteiger partial charge in [-0.25, -0.2) is 4.79 Å². The van der Waals surface area contributed by atoms with Crippen molar-refractivity contribution >= 4 is 36.8 Å². The lowest BCUT2D eigenvalue weighted by Crippen LogP contribution is -2.41. The zero-order valence-electron chi connectivity index (χ0n) is 26.0. The van der Waals surface area contributed by atoms with Crippen LogP contribution in [0, 0.1) is 13.8 Å². The SMILES string of the molecule is COCCOCCn1nc(C)c(-c2c(Cl)ccc3c2c(C)c(C(=O)OC)n3CCCO[Si](C)(C)C(C)(C)C)c1CO. The van der Waals surface area contributed by atoms with E-state index in [4.69, 9.17) is 35.3 Å². The maximum absolute atomic E-state index is 13.1. The highest BCUT2D eigenvalue weighted by molar-refractivity contribution is 6.74. The van der Waals surface area contributed by atoms with Crippen molar-refractivity contribution in [3.63, 3.8) is 0 Å². The van der Waals surface area contributed by atoms with Gasteiger partial charge >= 0.3 is 5.97 Å². The van der Waals surface area contributed by atoms with Crippen molar-refractivity contribution in [3.05, 3.63) is 39.8 Å². The third kappa shape index (κ3) is 7.06. The molecule has 0 saturated carbocycles. The minimum atomic E-state index is -1.89. The Bertz CT molecular complexity index is 1360. The van der Waals surface area contributed by atoms with Gasteiger partial charge in [0.25, 0.3) is 0 Å². The van der Waals surface area contributed by atoms with Gasteiger partial charge in [0, 0.05) is 47.3 Å². The van der Waals surface area contributed by atoms with Gasteiger partial charge in [-0.15, -0.1) is 0 Å². The molecule has 0 aliphatic rings. The Labute approximate surface area is 249 Å². The molecular formula is C30H46ClN3O6Si. The van der Waals surface area contributed by atoms with Crippen molar-refractivity contribution < 1.29 is 28.5 Å². The third-order valence-corrected chi connectivity index (χ3v) is 13.0. The molecular weight excluding hydrogens is 562 g/mol. The number of rotatable bonds is 14. The Kier molecular flexibility index (Phi) is 11.2. The number of esters is 1. The molecule has 0 fully saturated rings. The number of fused-ring (bicyclic) bond motifs is 1. The topological polar surface area (TPSA) is 97.0 Å². The van der Waals surface area contributed by atoms with Crippen molar-refractivity contribution in [1.29, 1.82) is 0 Å². The number of halogens is 1. The number of aliphatic hydroxyl groups is 1. The predicted molar refractivity (Wildman–Crippen MR) is 165 cm³/mol. The first-order valence-electron chi connectivity index (χ1n) is 14.1. The molecule has 3 aromatic rings. The molecule has 9 nitrogen and oxygen atoms in total. The first-order chi connectivity index (χ1) is 19.3. The number of nitrogens with zero attached hydrogens (tertiary/aromatic N) is 3. The highest BCUT2D eigenvalue weighted by Crippen LogP contribution is 2.43. The van der Waals surface area contributed by atoms with Gasteiger partial charge in [0.15, 0.2) is 8.32 Å². The zero-order valence-corrected chi connectivity index (χ0v) is 27.8. The van der Waals surface area contributed by atoms with Gasteiger partial charge in [-0.2, -0.15) is 5.10 Å². The molecule has 0 unspecified atom stereocenters. The van der Waals surface area contributed by atoms with Crippen LogP contribution in [0.3, 0.4) is 0 Å². The number of aryl methyl sites for hydroxylation is 3. The normalized spacial score (nSPS) is 12.5. The minimum absolute atomic E-state index is 0.120. The average molecular weight is 608 g/mol. The molecule has 41 heavy (non-hydrogen) atoms. The number of benzene rings is 1. The van der Waals surface area contributed by atoms with Crippen LogP contribution in [0.5, 0.6) is 0 Å². The van der Waals surface area contributed by atoms with E-state index in [0.717, 1.165) is 39.7 Å². The van der Waals surface area contributed by atoms with Crippen molar-refractivity contribution in [2.24, 2.45) is 0 Å². The standard InChI is InChI=1S/C30H46ClN3O6Si/c1-20-25-23(33(28(20)29(36)38-7)13-10-15-40-41(8,9)30(3,4)5)12-11-22(31)27(25)26-21(2)32-34(24(26)19-35)14-16-39-18-17-37-6/h11-12,35H,10,13-19H2,1-9H3. The molecule has 2 heterocycles. The highest BCUT2D eigenvalue weighted by Gasteiger charge is 2.37. The van der Waals surface area contributed by atoms with Crippen LogP contribution in [0.25, 0.3) is 22.0 Å². The summed E-state index contributed by atoms with van der Waals surface area (Å²) >= 11 is 6.88. The van der Waals surface area contributed by atoms with Crippen LogP contribution < -0.4 is 0 Å². The molecule has 0 atom stereocenters. The van der Waals surface area contributed by atoms with Crippen LogP contribution in [0.2, 0.25) is 23.2 Å². The van der Waals surface area contributed by atoms with Crippen LogP contribution in [0.1, 0.15) is 54.6 Å². The molecule has 3 rings (SSSR count). The summed E-state index contributed by atoms with van der Waals surface area (Å²) in [5, 5.41) is 16.6. The first kappa shape index (κ1) is 33.3. The van der Waals surface area contributed by atoms with Crippen molar-refractivity contribution in [2.75, 3.05) is 40.6 Å². The zero-order chi connectivity index (χ0) is 30.5. The summed E-state index contributed by atoms with van der Waals surface area (Å²) in [4.78, 5) is 13.1. The molecule has 0 bridgehead atoms. The molecule has 0 amide bonds.